The van der Waals surface area contributed by atoms with Gasteiger partial charge in [0.05, 0.1) is 6.07 Å². The summed E-state index contributed by atoms with van der Waals surface area (Å²) in [5, 5.41) is 11.0. The van der Waals surface area contributed by atoms with Crippen molar-refractivity contribution in [2.45, 2.75) is 26.8 Å². The number of nitrogens with one attached hydrogen (secondary N) is 1. The Hall–Kier alpha value is -1.90. The summed E-state index contributed by atoms with van der Waals surface area (Å²) in [5.74, 6) is -1.55. The van der Waals surface area contributed by atoms with Gasteiger partial charge >= 0.3 is 0 Å². The molecule has 1 N–H and O–H groups in total. The Morgan fingerprint density at radius 2 is 2.12 bits per heavy atom. The number of nitriles is 1. The molecule has 0 aromatic rings. The van der Waals surface area contributed by atoms with E-state index in [9.17, 15) is 14.4 Å². The first-order valence-corrected chi connectivity index (χ1v) is 4.85. The highest BCUT2D eigenvalue weighted by Crippen LogP contribution is 2.20. The van der Waals surface area contributed by atoms with Crippen LogP contribution in [0, 0.1) is 16.7 Å². The van der Waals surface area contributed by atoms with Crippen LogP contribution in [0.4, 0.5) is 0 Å². The van der Waals surface area contributed by atoms with E-state index in [1.54, 1.807) is 0 Å². The predicted molar refractivity (Wildman–Crippen MR) is 53.7 cm³/mol. The topological polar surface area (TPSA) is 90.3 Å². The van der Waals surface area contributed by atoms with E-state index in [0.29, 0.717) is 0 Å². The summed E-state index contributed by atoms with van der Waals surface area (Å²) in [6.45, 7) is 4.25. The quantitative estimate of drug-likeness (QED) is 0.601. The first-order valence-electron chi connectivity index (χ1n) is 4.85. The maximum absolute atomic E-state index is 11.9. The number of hydrogen-bond donors (Lipinski definition) is 1. The number of carbonyl (C=O) groups is 3. The third-order valence-corrected chi connectivity index (χ3v) is 2.50. The van der Waals surface area contributed by atoms with Gasteiger partial charge in [0.15, 0.2) is 0 Å². The van der Waals surface area contributed by atoms with Crippen molar-refractivity contribution in [1.29, 1.82) is 5.26 Å². The zero-order valence-corrected chi connectivity index (χ0v) is 9.40. The summed E-state index contributed by atoms with van der Waals surface area (Å²) >= 11 is 0. The highest BCUT2D eigenvalue weighted by Gasteiger charge is 2.40. The third kappa shape index (κ3) is 2.03. The molecule has 1 rings (SSSR count). The van der Waals surface area contributed by atoms with Crippen LogP contribution in [0.5, 0.6) is 0 Å². The molecular formula is C10H13N3O3. The molecule has 3 amide bonds. The lowest BCUT2D eigenvalue weighted by molar-refractivity contribution is -0.152. The summed E-state index contributed by atoms with van der Waals surface area (Å²) in [6, 6.07) is 1.13. The number of rotatable bonds is 1. The van der Waals surface area contributed by atoms with E-state index in [2.05, 4.69) is 5.32 Å². The molecule has 0 radical (unpaired) electrons. The standard InChI is InChI=1S/C10H13N3O3/c1-6-8(15)12-7(14)4-13(6)9(16)10(2,3)5-11/h6H,4H2,1-3H3,(H,12,14,15). The second-order valence-corrected chi connectivity index (χ2v) is 4.26. The fourth-order valence-electron chi connectivity index (χ4n) is 1.37. The second-order valence-electron chi connectivity index (χ2n) is 4.26. The average Bonchev–Trinajstić information content (AvgIpc) is 2.22. The van der Waals surface area contributed by atoms with Crippen LogP contribution >= 0.6 is 0 Å². The minimum atomic E-state index is -1.23. The number of amides is 3. The van der Waals surface area contributed by atoms with Crippen LogP contribution in [0.3, 0.4) is 0 Å². The van der Waals surface area contributed by atoms with Crippen molar-refractivity contribution >= 4 is 17.7 Å². The second kappa shape index (κ2) is 3.93. The lowest BCUT2D eigenvalue weighted by atomic mass is 9.92. The van der Waals surface area contributed by atoms with E-state index in [1.807, 2.05) is 6.07 Å². The van der Waals surface area contributed by atoms with Crippen molar-refractivity contribution in [1.82, 2.24) is 10.2 Å². The lowest BCUT2D eigenvalue weighted by Gasteiger charge is -2.34. The van der Waals surface area contributed by atoms with Crippen LogP contribution in [-0.4, -0.2) is 35.2 Å². The van der Waals surface area contributed by atoms with Gasteiger partial charge in [0.25, 0.3) is 0 Å². The molecule has 1 saturated heterocycles. The van der Waals surface area contributed by atoms with Crippen LogP contribution in [0.15, 0.2) is 0 Å². The zero-order valence-electron chi connectivity index (χ0n) is 9.40. The van der Waals surface area contributed by atoms with Crippen LogP contribution in [-0.2, 0) is 14.4 Å². The number of nitrogens with zero attached hydrogens (tertiary/aromatic N) is 2. The van der Waals surface area contributed by atoms with Crippen LogP contribution in [0.25, 0.3) is 0 Å². The molecule has 0 spiro atoms. The monoisotopic (exact) mass is 223 g/mol. The molecule has 86 valence electrons. The van der Waals surface area contributed by atoms with Gasteiger partial charge in [-0.25, -0.2) is 0 Å². The van der Waals surface area contributed by atoms with E-state index in [1.165, 1.54) is 20.8 Å². The van der Waals surface area contributed by atoms with Crippen LogP contribution < -0.4 is 5.32 Å². The molecule has 1 atom stereocenters. The molecule has 16 heavy (non-hydrogen) atoms. The SMILES string of the molecule is CC1C(=O)NC(=O)CN1C(=O)C(C)(C)C#N. The Kier molecular flexibility index (Phi) is 2.99. The summed E-state index contributed by atoms with van der Waals surface area (Å²) in [7, 11) is 0. The molecule has 1 fully saturated rings. The van der Waals surface area contributed by atoms with Gasteiger partial charge in [-0.2, -0.15) is 5.26 Å². The molecule has 6 nitrogen and oxygen atoms in total. The summed E-state index contributed by atoms with van der Waals surface area (Å²) in [6.07, 6.45) is 0. The van der Waals surface area contributed by atoms with Gasteiger partial charge in [-0.05, 0) is 20.8 Å². The molecule has 0 saturated carbocycles. The van der Waals surface area contributed by atoms with Gasteiger partial charge in [0.2, 0.25) is 17.7 Å². The van der Waals surface area contributed by atoms with E-state index >= 15 is 0 Å². The number of imide groups is 1. The van der Waals surface area contributed by atoms with Crippen molar-refractivity contribution in [3.05, 3.63) is 0 Å². The number of hydrogen-bond acceptors (Lipinski definition) is 4. The molecule has 0 bridgehead atoms. The maximum atomic E-state index is 11.9. The molecule has 0 aromatic heterocycles. The Balaban J connectivity index is 2.96. The molecule has 1 heterocycles. The van der Waals surface area contributed by atoms with Gasteiger partial charge in [-0.1, -0.05) is 0 Å². The Morgan fingerprint density at radius 3 is 2.62 bits per heavy atom. The maximum Gasteiger partial charge on any atom is 0.249 e. The van der Waals surface area contributed by atoms with Crippen LogP contribution in [0.2, 0.25) is 0 Å². The average molecular weight is 223 g/mol. The van der Waals surface area contributed by atoms with Gasteiger partial charge in [-0.3, -0.25) is 19.7 Å². The Bertz CT molecular complexity index is 395. The minimum Gasteiger partial charge on any atom is -0.320 e. The Morgan fingerprint density at radius 1 is 1.56 bits per heavy atom. The fraction of sp³-hybridized carbons (Fsp3) is 0.600. The van der Waals surface area contributed by atoms with E-state index in [0.717, 1.165) is 4.90 Å². The van der Waals surface area contributed by atoms with Gasteiger partial charge in [-0.15, -0.1) is 0 Å². The van der Waals surface area contributed by atoms with Crippen molar-refractivity contribution in [3.63, 3.8) is 0 Å². The number of carbonyl (C=O) groups excluding carboxylic acids is 3. The van der Waals surface area contributed by atoms with Crippen molar-refractivity contribution in [2.75, 3.05) is 6.54 Å². The molecule has 1 unspecified atom stereocenters. The first kappa shape index (κ1) is 12.2. The largest absolute Gasteiger partial charge is 0.320 e. The van der Waals surface area contributed by atoms with Gasteiger partial charge < -0.3 is 4.90 Å². The van der Waals surface area contributed by atoms with Crippen molar-refractivity contribution < 1.29 is 14.4 Å². The van der Waals surface area contributed by atoms with Crippen molar-refractivity contribution in [3.8, 4) is 6.07 Å². The fourth-order valence-corrected chi connectivity index (χ4v) is 1.37. The zero-order chi connectivity index (χ0) is 12.5. The van der Waals surface area contributed by atoms with Gasteiger partial charge in [0, 0.05) is 0 Å². The summed E-state index contributed by atoms with van der Waals surface area (Å²) in [4.78, 5) is 35.5. The molecule has 1 aliphatic rings. The summed E-state index contributed by atoms with van der Waals surface area (Å²) in [5.41, 5.74) is -1.23. The molecule has 6 heteroatoms. The molecule has 0 aromatic carbocycles. The molecule has 0 aliphatic carbocycles. The highest BCUT2D eigenvalue weighted by molar-refractivity contribution is 6.04. The number of piperazine rings is 1. The minimum absolute atomic E-state index is 0.184. The smallest absolute Gasteiger partial charge is 0.249 e. The van der Waals surface area contributed by atoms with E-state index in [4.69, 9.17) is 5.26 Å². The highest BCUT2D eigenvalue weighted by atomic mass is 16.2. The van der Waals surface area contributed by atoms with Crippen molar-refractivity contribution in [2.24, 2.45) is 5.41 Å². The van der Waals surface area contributed by atoms with E-state index in [-0.39, 0.29) is 6.54 Å². The van der Waals surface area contributed by atoms with Crippen LogP contribution in [0.1, 0.15) is 20.8 Å². The van der Waals surface area contributed by atoms with E-state index < -0.39 is 29.2 Å². The summed E-state index contributed by atoms with van der Waals surface area (Å²) < 4.78 is 0. The predicted octanol–water partition coefficient (Wildman–Crippen LogP) is -0.590. The lowest BCUT2D eigenvalue weighted by Crippen LogP contribution is -2.60. The first-order chi connectivity index (χ1) is 7.29. The third-order valence-electron chi connectivity index (χ3n) is 2.50. The molecular weight excluding hydrogens is 210 g/mol. The molecule has 1 aliphatic heterocycles. The normalized spacial score (nSPS) is 21.4. The van der Waals surface area contributed by atoms with Gasteiger partial charge in [0.1, 0.15) is 18.0 Å². The Labute approximate surface area is 93.2 Å².